The van der Waals surface area contributed by atoms with Gasteiger partial charge in [-0.25, -0.2) is 9.07 Å². The second kappa shape index (κ2) is 7.40. The van der Waals surface area contributed by atoms with E-state index in [1.807, 2.05) is 17.0 Å². The molecule has 2 aromatic carbocycles. The van der Waals surface area contributed by atoms with Crippen LogP contribution < -0.4 is 4.90 Å². The maximum absolute atomic E-state index is 13.1. The van der Waals surface area contributed by atoms with Gasteiger partial charge >= 0.3 is 0 Å². The summed E-state index contributed by atoms with van der Waals surface area (Å²) in [6, 6.07) is 13.7. The number of benzene rings is 2. The Morgan fingerprint density at radius 1 is 0.926 bits per heavy atom. The van der Waals surface area contributed by atoms with Crippen molar-refractivity contribution >= 4 is 23.2 Å². The SMILES string of the molecule is O=C(c1cnn(-c2ccc(Cl)cc2)c1)N1CCN(c2ccc(F)cc2)CC1. The predicted molar refractivity (Wildman–Crippen MR) is 103 cm³/mol. The first kappa shape index (κ1) is 17.5. The van der Waals surface area contributed by atoms with E-state index in [0.29, 0.717) is 36.8 Å². The smallest absolute Gasteiger partial charge is 0.257 e. The summed E-state index contributed by atoms with van der Waals surface area (Å²) in [5, 5.41) is 4.94. The molecule has 0 atom stereocenters. The van der Waals surface area contributed by atoms with Crippen LogP contribution in [0.1, 0.15) is 10.4 Å². The average Bonchev–Trinajstić information content (AvgIpc) is 3.19. The molecule has 1 aliphatic rings. The third-order valence-electron chi connectivity index (χ3n) is 4.68. The molecule has 0 spiro atoms. The lowest BCUT2D eigenvalue weighted by Gasteiger charge is -2.36. The van der Waals surface area contributed by atoms with Crippen LogP contribution in [0.5, 0.6) is 0 Å². The summed E-state index contributed by atoms with van der Waals surface area (Å²) in [4.78, 5) is 16.7. The van der Waals surface area contributed by atoms with E-state index < -0.39 is 0 Å². The number of carbonyl (C=O) groups excluding carboxylic acids is 1. The first-order valence-corrected chi connectivity index (χ1v) is 9.08. The molecular formula is C20H18ClFN4O. The number of nitrogens with zero attached hydrogens (tertiary/aromatic N) is 4. The molecule has 0 aliphatic carbocycles. The highest BCUT2D eigenvalue weighted by molar-refractivity contribution is 6.30. The Bertz CT molecular complexity index is 931. The summed E-state index contributed by atoms with van der Waals surface area (Å²) in [6.45, 7) is 2.65. The molecule has 1 aromatic heterocycles. The molecule has 0 bridgehead atoms. The van der Waals surface area contributed by atoms with Crippen LogP contribution in [0.25, 0.3) is 5.69 Å². The highest BCUT2D eigenvalue weighted by Gasteiger charge is 2.23. The van der Waals surface area contributed by atoms with Crippen LogP contribution in [0.2, 0.25) is 5.02 Å². The van der Waals surface area contributed by atoms with Crippen molar-refractivity contribution in [3.8, 4) is 5.69 Å². The zero-order valence-electron chi connectivity index (χ0n) is 14.6. The molecule has 0 radical (unpaired) electrons. The van der Waals surface area contributed by atoms with E-state index in [1.165, 1.54) is 12.1 Å². The van der Waals surface area contributed by atoms with Crippen LogP contribution in [0, 0.1) is 5.82 Å². The Morgan fingerprint density at radius 2 is 1.56 bits per heavy atom. The number of aromatic nitrogens is 2. The van der Waals surface area contributed by atoms with Crippen molar-refractivity contribution in [2.24, 2.45) is 0 Å². The largest absolute Gasteiger partial charge is 0.368 e. The van der Waals surface area contributed by atoms with Gasteiger partial charge in [-0.05, 0) is 48.5 Å². The van der Waals surface area contributed by atoms with Crippen molar-refractivity contribution in [1.82, 2.24) is 14.7 Å². The number of halogens is 2. The lowest BCUT2D eigenvalue weighted by Crippen LogP contribution is -2.48. The van der Waals surface area contributed by atoms with Crippen LogP contribution in [-0.2, 0) is 0 Å². The zero-order valence-corrected chi connectivity index (χ0v) is 15.3. The molecule has 1 aliphatic heterocycles. The molecule has 0 unspecified atom stereocenters. The molecule has 0 N–H and O–H groups in total. The molecule has 3 aromatic rings. The third kappa shape index (κ3) is 3.80. The van der Waals surface area contributed by atoms with Crippen LogP contribution in [0.15, 0.2) is 60.9 Å². The van der Waals surface area contributed by atoms with E-state index in [2.05, 4.69) is 10.00 Å². The molecule has 1 amide bonds. The van der Waals surface area contributed by atoms with E-state index in [-0.39, 0.29) is 11.7 Å². The lowest BCUT2D eigenvalue weighted by molar-refractivity contribution is 0.0747. The minimum absolute atomic E-state index is 0.0334. The zero-order chi connectivity index (χ0) is 18.8. The molecule has 0 saturated carbocycles. The fourth-order valence-corrected chi connectivity index (χ4v) is 3.30. The summed E-state index contributed by atoms with van der Waals surface area (Å²) in [5.41, 5.74) is 2.37. The number of piperazine rings is 1. The fourth-order valence-electron chi connectivity index (χ4n) is 3.17. The van der Waals surface area contributed by atoms with Crippen molar-refractivity contribution in [2.75, 3.05) is 31.1 Å². The van der Waals surface area contributed by atoms with Gasteiger partial charge in [0, 0.05) is 43.1 Å². The van der Waals surface area contributed by atoms with Gasteiger partial charge in [0.05, 0.1) is 17.4 Å². The van der Waals surface area contributed by atoms with Crippen LogP contribution >= 0.6 is 11.6 Å². The second-order valence-corrected chi connectivity index (χ2v) is 6.84. The molecule has 138 valence electrons. The number of hydrogen-bond donors (Lipinski definition) is 0. The normalized spacial score (nSPS) is 14.4. The summed E-state index contributed by atoms with van der Waals surface area (Å²) >= 11 is 5.91. The minimum Gasteiger partial charge on any atom is -0.368 e. The highest BCUT2D eigenvalue weighted by atomic mass is 35.5. The maximum Gasteiger partial charge on any atom is 0.257 e. The van der Waals surface area contributed by atoms with Gasteiger partial charge in [0.1, 0.15) is 5.82 Å². The Hall–Kier alpha value is -2.86. The number of rotatable bonds is 3. The van der Waals surface area contributed by atoms with Crippen molar-refractivity contribution in [1.29, 1.82) is 0 Å². The van der Waals surface area contributed by atoms with Gasteiger partial charge in [0.15, 0.2) is 0 Å². The van der Waals surface area contributed by atoms with Crippen molar-refractivity contribution in [3.05, 3.63) is 77.3 Å². The number of anilines is 1. The molecule has 2 heterocycles. The summed E-state index contributed by atoms with van der Waals surface area (Å²) in [6.07, 6.45) is 3.32. The predicted octanol–water partition coefficient (Wildman–Crippen LogP) is 3.63. The van der Waals surface area contributed by atoms with Crippen LogP contribution in [0.3, 0.4) is 0 Å². The van der Waals surface area contributed by atoms with Crippen LogP contribution in [-0.4, -0.2) is 46.8 Å². The monoisotopic (exact) mass is 384 g/mol. The average molecular weight is 385 g/mol. The van der Waals surface area contributed by atoms with Gasteiger partial charge in [-0.3, -0.25) is 4.79 Å². The summed E-state index contributed by atoms with van der Waals surface area (Å²) < 4.78 is 14.7. The molecule has 1 fully saturated rings. The van der Waals surface area contributed by atoms with Gasteiger partial charge in [0.2, 0.25) is 0 Å². The molecule has 5 nitrogen and oxygen atoms in total. The first-order chi connectivity index (χ1) is 13.1. The van der Waals surface area contributed by atoms with Crippen molar-refractivity contribution in [3.63, 3.8) is 0 Å². The molecule has 27 heavy (non-hydrogen) atoms. The van der Waals surface area contributed by atoms with Crippen molar-refractivity contribution < 1.29 is 9.18 Å². The van der Waals surface area contributed by atoms with Crippen LogP contribution in [0.4, 0.5) is 10.1 Å². The van der Waals surface area contributed by atoms with E-state index >= 15 is 0 Å². The van der Waals surface area contributed by atoms with Gasteiger partial charge in [0.25, 0.3) is 5.91 Å². The molecule has 4 rings (SSSR count). The van der Waals surface area contributed by atoms with Gasteiger partial charge in [-0.1, -0.05) is 11.6 Å². The Labute approximate surface area is 161 Å². The maximum atomic E-state index is 13.1. The first-order valence-electron chi connectivity index (χ1n) is 8.70. The molecule has 7 heteroatoms. The third-order valence-corrected chi connectivity index (χ3v) is 4.93. The Kier molecular flexibility index (Phi) is 4.81. The minimum atomic E-state index is -0.245. The summed E-state index contributed by atoms with van der Waals surface area (Å²) in [5.74, 6) is -0.278. The van der Waals surface area contributed by atoms with E-state index in [4.69, 9.17) is 11.6 Å². The second-order valence-electron chi connectivity index (χ2n) is 6.41. The van der Waals surface area contributed by atoms with Gasteiger partial charge in [-0.2, -0.15) is 5.10 Å². The lowest BCUT2D eigenvalue weighted by atomic mass is 10.2. The Balaban J connectivity index is 1.41. The quantitative estimate of drug-likeness (QED) is 0.692. The van der Waals surface area contributed by atoms with E-state index in [0.717, 1.165) is 11.4 Å². The van der Waals surface area contributed by atoms with E-state index in [1.54, 1.807) is 41.3 Å². The van der Waals surface area contributed by atoms with Gasteiger partial charge in [-0.15, -0.1) is 0 Å². The number of carbonyl (C=O) groups is 1. The topological polar surface area (TPSA) is 41.4 Å². The highest BCUT2D eigenvalue weighted by Crippen LogP contribution is 2.18. The number of amides is 1. The Morgan fingerprint density at radius 3 is 2.22 bits per heavy atom. The standard InChI is InChI=1S/C20H18ClFN4O/c21-16-1-5-19(6-2-16)26-14-15(13-23-26)20(27)25-11-9-24(10-12-25)18-7-3-17(22)4-8-18/h1-8,13-14H,9-12H2. The number of hydrogen-bond acceptors (Lipinski definition) is 3. The fraction of sp³-hybridized carbons (Fsp3) is 0.200. The summed E-state index contributed by atoms with van der Waals surface area (Å²) in [7, 11) is 0. The molecule has 1 saturated heterocycles. The van der Waals surface area contributed by atoms with Crippen molar-refractivity contribution in [2.45, 2.75) is 0 Å². The van der Waals surface area contributed by atoms with Gasteiger partial charge < -0.3 is 9.80 Å². The molecular weight excluding hydrogens is 367 g/mol. The van der Waals surface area contributed by atoms with E-state index in [9.17, 15) is 9.18 Å².